The van der Waals surface area contributed by atoms with Crippen molar-refractivity contribution in [3.63, 3.8) is 0 Å². The molecule has 3 heterocycles. The average molecular weight is 317 g/mol. The van der Waals surface area contributed by atoms with E-state index in [1.54, 1.807) is 6.33 Å². The molecule has 1 saturated heterocycles. The largest absolute Gasteiger partial charge is 0.450 e. The summed E-state index contributed by atoms with van der Waals surface area (Å²) in [6.07, 6.45) is 2.72. The molecule has 114 valence electrons. The Balaban J connectivity index is 1.80. The molecular formula is C16H17ClN4O. The smallest absolute Gasteiger partial charge is 0.196 e. The van der Waals surface area contributed by atoms with Crippen LogP contribution < -0.4 is 10.2 Å². The zero-order chi connectivity index (χ0) is 15.1. The van der Waals surface area contributed by atoms with Crippen LogP contribution in [0.2, 0.25) is 5.02 Å². The van der Waals surface area contributed by atoms with Crippen molar-refractivity contribution in [3.05, 3.63) is 29.5 Å². The van der Waals surface area contributed by atoms with Crippen LogP contribution in [0, 0.1) is 0 Å². The molecule has 1 aliphatic rings. The first-order valence-corrected chi connectivity index (χ1v) is 7.95. The summed E-state index contributed by atoms with van der Waals surface area (Å²) in [6.45, 7) is 5.04. The van der Waals surface area contributed by atoms with Crippen LogP contribution >= 0.6 is 11.6 Å². The Hall–Kier alpha value is -1.85. The second-order valence-corrected chi connectivity index (χ2v) is 6.04. The number of likely N-dealkylation sites (N-methyl/N-ethyl adjacent to an activating group) is 1. The van der Waals surface area contributed by atoms with Gasteiger partial charge in [0.25, 0.3) is 0 Å². The second kappa shape index (κ2) is 5.41. The van der Waals surface area contributed by atoms with Gasteiger partial charge in [-0.3, -0.25) is 0 Å². The predicted molar refractivity (Wildman–Crippen MR) is 88.6 cm³/mol. The van der Waals surface area contributed by atoms with Gasteiger partial charge < -0.3 is 14.6 Å². The fourth-order valence-corrected chi connectivity index (χ4v) is 3.34. The fraction of sp³-hybridized carbons (Fsp3) is 0.375. The molecule has 1 aliphatic heterocycles. The molecule has 1 fully saturated rings. The van der Waals surface area contributed by atoms with Crippen LogP contribution in [0.5, 0.6) is 0 Å². The molecule has 0 aliphatic carbocycles. The minimum Gasteiger partial charge on any atom is -0.450 e. The molecule has 6 heteroatoms. The summed E-state index contributed by atoms with van der Waals surface area (Å²) < 4.78 is 6.00. The summed E-state index contributed by atoms with van der Waals surface area (Å²) in [6, 6.07) is 6.12. The van der Waals surface area contributed by atoms with Crippen LogP contribution in [0.1, 0.15) is 13.3 Å². The number of hydrogen-bond acceptors (Lipinski definition) is 5. The molecular weight excluding hydrogens is 300 g/mol. The van der Waals surface area contributed by atoms with Crippen molar-refractivity contribution in [2.75, 3.05) is 24.5 Å². The summed E-state index contributed by atoms with van der Waals surface area (Å²) in [5.74, 6) is 0.873. The standard InChI is InChI=1S/C16H17ClN4O/c1-2-18-11-5-6-21(8-11)16-15-14(19-9-20-16)12-7-10(17)3-4-13(12)22-15/h3-4,7,9,11,18H,2,5-6,8H2,1H3. The lowest BCUT2D eigenvalue weighted by molar-refractivity contribution is 0.571. The molecule has 4 rings (SSSR count). The molecule has 3 aromatic rings. The van der Waals surface area contributed by atoms with Gasteiger partial charge in [0.2, 0.25) is 0 Å². The van der Waals surface area contributed by atoms with Gasteiger partial charge in [0, 0.05) is 29.5 Å². The van der Waals surface area contributed by atoms with Gasteiger partial charge in [-0.25, -0.2) is 9.97 Å². The SMILES string of the molecule is CCNC1CCN(c2ncnc3c2oc2ccc(Cl)cc23)C1. The minimum atomic E-state index is 0.508. The fourth-order valence-electron chi connectivity index (χ4n) is 3.17. The van der Waals surface area contributed by atoms with Crippen LogP contribution in [0.4, 0.5) is 5.82 Å². The summed E-state index contributed by atoms with van der Waals surface area (Å²) in [5.41, 5.74) is 2.37. The average Bonchev–Trinajstić information content (AvgIpc) is 3.12. The molecule has 1 N–H and O–H groups in total. The van der Waals surface area contributed by atoms with E-state index < -0.39 is 0 Å². The molecule has 1 unspecified atom stereocenters. The molecule has 1 aromatic carbocycles. The van der Waals surface area contributed by atoms with Gasteiger partial charge in [-0.2, -0.15) is 0 Å². The molecule has 5 nitrogen and oxygen atoms in total. The van der Waals surface area contributed by atoms with Gasteiger partial charge in [-0.15, -0.1) is 0 Å². The van der Waals surface area contributed by atoms with Crippen molar-refractivity contribution in [1.29, 1.82) is 0 Å². The Labute approximate surface area is 133 Å². The number of nitrogens with zero attached hydrogens (tertiary/aromatic N) is 3. The zero-order valence-electron chi connectivity index (χ0n) is 12.3. The number of fused-ring (bicyclic) bond motifs is 3. The number of rotatable bonds is 3. The first kappa shape index (κ1) is 13.8. The molecule has 1 atom stereocenters. The van der Waals surface area contributed by atoms with Crippen molar-refractivity contribution >= 4 is 39.5 Å². The summed E-state index contributed by atoms with van der Waals surface area (Å²) in [5, 5.41) is 5.12. The Kier molecular flexibility index (Phi) is 3.39. The van der Waals surface area contributed by atoms with Crippen molar-refractivity contribution in [2.45, 2.75) is 19.4 Å². The highest BCUT2D eigenvalue weighted by atomic mass is 35.5. The van der Waals surface area contributed by atoms with Gasteiger partial charge in [-0.05, 0) is 31.2 Å². The van der Waals surface area contributed by atoms with Crippen molar-refractivity contribution in [2.24, 2.45) is 0 Å². The Morgan fingerprint density at radius 2 is 2.32 bits per heavy atom. The van der Waals surface area contributed by atoms with Crippen LogP contribution in [0.25, 0.3) is 22.1 Å². The van der Waals surface area contributed by atoms with Gasteiger partial charge in [0.15, 0.2) is 11.4 Å². The Bertz CT molecular complexity index is 831. The van der Waals surface area contributed by atoms with Gasteiger partial charge >= 0.3 is 0 Å². The lowest BCUT2D eigenvalue weighted by atomic mass is 10.2. The van der Waals surface area contributed by atoms with E-state index in [9.17, 15) is 0 Å². The third-order valence-electron chi connectivity index (χ3n) is 4.17. The number of furan rings is 1. The maximum atomic E-state index is 6.09. The third kappa shape index (κ3) is 2.21. The topological polar surface area (TPSA) is 54.2 Å². The monoisotopic (exact) mass is 316 g/mol. The van der Waals surface area contributed by atoms with Crippen molar-refractivity contribution in [3.8, 4) is 0 Å². The molecule has 0 saturated carbocycles. The number of halogens is 1. The predicted octanol–water partition coefficient (Wildman–Crippen LogP) is 3.22. The number of hydrogen-bond donors (Lipinski definition) is 1. The summed E-state index contributed by atoms with van der Waals surface area (Å²) in [7, 11) is 0. The zero-order valence-corrected chi connectivity index (χ0v) is 13.1. The lowest BCUT2D eigenvalue weighted by Crippen LogP contribution is -2.32. The van der Waals surface area contributed by atoms with E-state index in [2.05, 4.69) is 27.1 Å². The maximum absolute atomic E-state index is 6.09. The minimum absolute atomic E-state index is 0.508. The Morgan fingerprint density at radius 1 is 1.41 bits per heavy atom. The van der Waals surface area contributed by atoms with Gasteiger partial charge in [0.1, 0.15) is 17.4 Å². The Morgan fingerprint density at radius 3 is 3.18 bits per heavy atom. The molecule has 22 heavy (non-hydrogen) atoms. The quantitative estimate of drug-likeness (QED) is 0.804. The van der Waals surface area contributed by atoms with E-state index >= 15 is 0 Å². The van der Waals surface area contributed by atoms with E-state index in [4.69, 9.17) is 16.0 Å². The highest BCUT2D eigenvalue weighted by molar-refractivity contribution is 6.31. The molecule has 2 aromatic heterocycles. The second-order valence-electron chi connectivity index (χ2n) is 5.61. The van der Waals surface area contributed by atoms with E-state index in [-0.39, 0.29) is 0 Å². The highest BCUT2D eigenvalue weighted by Crippen LogP contribution is 2.34. The van der Waals surface area contributed by atoms with Crippen LogP contribution in [0.15, 0.2) is 28.9 Å². The number of nitrogens with one attached hydrogen (secondary N) is 1. The first-order valence-electron chi connectivity index (χ1n) is 7.57. The van der Waals surface area contributed by atoms with Crippen LogP contribution in [-0.2, 0) is 0 Å². The third-order valence-corrected chi connectivity index (χ3v) is 4.41. The lowest BCUT2D eigenvalue weighted by Gasteiger charge is -2.17. The molecule has 0 radical (unpaired) electrons. The van der Waals surface area contributed by atoms with Crippen LogP contribution in [0.3, 0.4) is 0 Å². The van der Waals surface area contributed by atoms with Crippen molar-refractivity contribution < 1.29 is 4.42 Å². The van der Waals surface area contributed by atoms with E-state index in [0.717, 1.165) is 53.9 Å². The number of anilines is 1. The maximum Gasteiger partial charge on any atom is 0.196 e. The number of aromatic nitrogens is 2. The van der Waals surface area contributed by atoms with Gasteiger partial charge in [-0.1, -0.05) is 18.5 Å². The highest BCUT2D eigenvalue weighted by Gasteiger charge is 2.26. The molecule has 0 amide bonds. The molecule has 0 spiro atoms. The summed E-state index contributed by atoms with van der Waals surface area (Å²) >= 11 is 6.09. The first-order chi connectivity index (χ1) is 10.8. The summed E-state index contributed by atoms with van der Waals surface area (Å²) in [4.78, 5) is 11.1. The molecule has 0 bridgehead atoms. The normalized spacial score (nSPS) is 18.6. The van der Waals surface area contributed by atoms with E-state index in [0.29, 0.717) is 11.1 Å². The van der Waals surface area contributed by atoms with Crippen molar-refractivity contribution in [1.82, 2.24) is 15.3 Å². The van der Waals surface area contributed by atoms with Crippen LogP contribution in [-0.4, -0.2) is 35.6 Å². The van der Waals surface area contributed by atoms with Gasteiger partial charge in [0.05, 0.1) is 0 Å². The van der Waals surface area contributed by atoms with E-state index in [1.165, 1.54) is 0 Å². The van der Waals surface area contributed by atoms with E-state index in [1.807, 2.05) is 18.2 Å². The number of benzene rings is 1.